The first-order chi connectivity index (χ1) is 15.7. The molecule has 0 aliphatic carbocycles. The second-order valence-corrected chi connectivity index (χ2v) is 10.1. The minimum Gasteiger partial charge on any atom is -0.493 e. The lowest BCUT2D eigenvalue weighted by atomic mass is 10.1. The number of aromatic nitrogens is 2. The van der Waals surface area contributed by atoms with E-state index in [-0.39, 0.29) is 17.3 Å². The maximum atomic E-state index is 13.5. The third-order valence-electron chi connectivity index (χ3n) is 5.62. The molecular formula is C25H24ClN3O3S. The molecule has 0 fully saturated rings. The Morgan fingerprint density at radius 2 is 1.76 bits per heavy atom. The van der Waals surface area contributed by atoms with E-state index in [4.69, 9.17) is 11.6 Å². The zero-order valence-corrected chi connectivity index (χ0v) is 19.9. The van der Waals surface area contributed by atoms with Gasteiger partial charge in [-0.1, -0.05) is 54.1 Å². The number of hydrogen-bond acceptors (Lipinski definition) is 4. The van der Waals surface area contributed by atoms with Gasteiger partial charge in [0, 0.05) is 28.4 Å². The highest BCUT2D eigenvalue weighted by Gasteiger charge is 2.32. The van der Waals surface area contributed by atoms with Gasteiger partial charge in [-0.05, 0) is 56.7 Å². The summed E-state index contributed by atoms with van der Waals surface area (Å²) in [5, 5.41) is 16.3. The molecule has 0 saturated heterocycles. The third kappa shape index (κ3) is 4.21. The Bertz CT molecular complexity index is 1370. The second-order valence-electron chi connectivity index (χ2n) is 7.77. The van der Waals surface area contributed by atoms with Crippen molar-refractivity contribution >= 4 is 27.2 Å². The smallest absolute Gasteiger partial charge is 0.264 e. The van der Waals surface area contributed by atoms with E-state index >= 15 is 0 Å². The molecule has 8 heteroatoms. The molecule has 0 amide bonds. The molecule has 1 aliphatic rings. The van der Waals surface area contributed by atoms with Crippen molar-refractivity contribution < 1.29 is 13.5 Å². The van der Waals surface area contributed by atoms with Crippen molar-refractivity contribution in [1.82, 2.24) is 14.1 Å². The monoisotopic (exact) mass is 481 g/mol. The first-order valence-corrected chi connectivity index (χ1v) is 12.2. The van der Waals surface area contributed by atoms with Crippen molar-refractivity contribution in [2.24, 2.45) is 0 Å². The lowest BCUT2D eigenvalue weighted by molar-refractivity contribution is 0.423. The lowest BCUT2D eigenvalue weighted by Gasteiger charge is -2.25. The van der Waals surface area contributed by atoms with E-state index in [9.17, 15) is 13.5 Å². The first-order valence-electron chi connectivity index (χ1n) is 10.4. The van der Waals surface area contributed by atoms with Gasteiger partial charge in [0.05, 0.1) is 10.6 Å². The molecule has 6 nitrogen and oxygen atoms in total. The average molecular weight is 482 g/mol. The molecule has 2 heterocycles. The summed E-state index contributed by atoms with van der Waals surface area (Å²) >= 11 is 6.00. The van der Waals surface area contributed by atoms with E-state index < -0.39 is 10.0 Å². The Balaban J connectivity index is 1.87. The number of halogens is 1. The van der Waals surface area contributed by atoms with Crippen LogP contribution >= 0.6 is 11.6 Å². The highest BCUT2D eigenvalue weighted by molar-refractivity contribution is 7.89. The van der Waals surface area contributed by atoms with E-state index in [0.717, 1.165) is 5.56 Å². The number of benzene rings is 2. The van der Waals surface area contributed by atoms with Crippen molar-refractivity contribution in [1.29, 1.82) is 0 Å². The Hall–Kier alpha value is -3.29. The standard InChI is InChI=1S/C25H24ClN3O3S/c1-4-5-6-22-18(3)28(33(31,32)21-13-7-17(2)8-14-21)16-15-23-24(22)27-29(25(23)30)20-11-9-19(26)10-12-20/h4-14,30H,1,15-16H2,2-3H3/b6-5-. The van der Waals surface area contributed by atoms with Crippen molar-refractivity contribution in [2.75, 3.05) is 6.54 Å². The number of aromatic hydroxyl groups is 1. The number of nitrogens with zero attached hydrogens (tertiary/aromatic N) is 3. The Labute approximate surface area is 198 Å². The minimum atomic E-state index is -3.80. The van der Waals surface area contributed by atoms with Crippen molar-refractivity contribution in [2.45, 2.75) is 25.2 Å². The summed E-state index contributed by atoms with van der Waals surface area (Å²) in [7, 11) is -3.80. The molecule has 0 atom stereocenters. The van der Waals surface area contributed by atoms with Gasteiger partial charge in [0.15, 0.2) is 0 Å². The maximum Gasteiger partial charge on any atom is 0.264 e. The molecule has 33 heavy (non-hydrogen) atoms. The maximum absolute atomic E-state index is 13.5. The molecule has 0 saturated carbocycles. The van der Waals surface area contributed by atoms with Crippen LogP contribution < -0.4 is 0 Å². The van der Waals surface area contributed by atoms with Crippen molar-refractivity contribution in [3.63, 3.8) is 0 Å². The van der Waals surface area contributed by atoms with Crippen LogP contribution in [0.2, 0.25) is 5.02 Å². The van der Waals surface area contributed by atoms with Gasteiger partial charge in [-0.15, -0.1) is 0 Å². The fourth-order valence-electron chi connectivity index (χ4n) is 3.84. The van der Waals surface area contributed by atoms with Gasteiger partial charge >= 0.3 is 0 Å². The predicted octanol–water partition coefficient (Wildman–Crippen LogP) is 5.26. The van der Waals surface area contributed by atoms with E-state index in [0.29, 0.717) is 39.7 Å². The first kappa shape index (κ1) is 22.9. The van der Waals surface area contributed by atoms with Crippen LogP contribution in [-0.4, -0.2) is 34.2 Å². The van der Waals surface area contributed by atoms with Gasteiger partial charge in [0.25, 0.3) is 10.0 Å². The van der Waals surface area contributed by atoms with E-state index in [1.54, 1.807) is 73.7 Å². The number of aryl methyl sites for hydroxylation is 1. The molecular weight excluding hydrogens is 458 g/mol. The zero-order valence-electron chi connectivity index (χ0n) is 18.4. The van der Waals surface area contributed by atoms with Crippen LogP contribution in [0.15, 0.2) is 83.9 Å². The summed E-state index contributed by atoms with van der Waals surface area (Å²) in [6, 6.07) is 13.7. The molecule has 0 bridgehead atoms. The summed E-state index contributed by atoms with van der Waals surface area (Å²) in [6.45, 7) is 7.55. The summed E-state index contributed by atoms with van der Waals surface area (Å²) < 4.78 is 29.8. The predicted molar refractivity (Wildman–Crippen MR) is 131 cm³/mol. The molecule has 3 aromatic rings. The molecule has 0 unspecified atom stereocenters. The number of rotatable bonds is 5. The highest BCUT2D eigenvalue weighted by atomic mass is 35.5. The highest BCUT2D eigenvalue weighted by Crippen LogP contribution is 2.37. The third-order valence-corrected chi connectivity index (χ3v) is 7.78. The van der Waals surface area contributed by atoms with Gasteiger partial charge < -0.3 is 5.11 Å². The summed E-state index contributed by atoms with van der Waals surface area (Å²) in [6.07, 6.45) is 5.40. The molecule has 2 aromatic carbocycles. The molecule has 0 radical (unpaired) electrons. The van der Waals surface area contributed by atoms with Crippen molar-refractivity contribution in [3.05, 3.63) is 101 Å². The summed E-state index contributed by atoms with van der Waals surface area (Å²) in [4.78, 5) is 0.217. The van der Waals surface area contributed by atoms with E-state index in [2.05, 4.69) is 11.7 Å². The number of fused-ring (bicyclic) bond motifs is 1. The largest absolute Gasteiger partial charge is 0.493 e. The quantitative estimate of drug-likeness (QED) is 0.504. The SMILES string of the molecule is C=C/C=C\C1=C(C)N(S(=O)(=O)c2ccc(C)cc2)CCc2c1nn(-c1ccc(Cl)cc1)c2O. The lowest BCUT2D eigenvalue weighted by Crippen LogP contribution is -2.31. The van der Waals surface area contributed by atoms with Crippen molar-refractivity contribution in [3.8, 4) is 11.6 Å². The Morgan fingerprint density at radius 3 is 2.39 bits per heavy atom. The molecule has 0 spiro atoms. The van der Waals surface area contributed by atoms with Gasteiger partial charge in [0.2, 0.25) is 5.88 Å². The normalized spacial score (nSPS) is 14.5. The minimum absolute atomic E-state index is 0.0285. The number of sulfonamides is 1. The fraction of sp³-hybridized carbons (Fsp3) is 0.160. The molecule has 4 rings (SSSR count). The summed E-state index contributed by atoms with van der Waals surface area (Å²) in [5.74, 6) is -0.0285. The number of hydrogen-bond donors (Lipinski definition) is 1. The number of allylic oxidation sites excluding steroid dienone is 5. The summed E-state index contributed by atoms with van der Waals surface area (Å²) in [5.41, 5.74) is 3.86. The second kappa shape index (κ2) is 8.92. The van der Waals surface area contributed by atoms with Gasteiger partial charge in [0.1, 0.15) is 5.69 Å². The molecule has 1 aliphatic heterocycles. The average Bonchev–Trinajstić information content (AvgIpc) is 3.03. The molecule has 1 N–H and O–H groups in total. The zero-order chi connectivity index (χ0) is 23.8. The Morgan fingerprint density at radius 1 is 1.09 bits per heavy atom. The van der Waals surface area contributed by atoms with E-state index in [1.807, 2.05) is 6.92 Å². The van der Waals surface area contributed by atoms with Crippen LogP contribution in [-0.2, 0) is 16.4 Å². The van der Waals surface area contributed by atoms with Crippen LogP contribution in [0.3, 0.4) is 0 Å². The Kier molecular flexibility index (Phi) is 6.19. The van der Waals surface area contributed by atoms with Crippen LogP contribution in [0.5, 0.6) is 5.88 Å². The van der Waals surface area contributed by atoms with Crippen LogP contribution in [0.25, 0.3) is 11.3 Å². The van der Waals surface area contributed by atoms with Gasteiger partial charge in [-0.2, -0.15) is 5.10 Å². The van der Waals surface area contributed by atoms with E-state index in [1.165, 1.54) is 8.99 Å². The fourth-order valence-corrected chi connectivity index (χ4v) is 5.49. The molecule has 170 valence electrons. The van der Waals surface area contributed by atoms with Crippen LogP contribution in [0.4, 0.5) is 0 Å². The van der Waals surface area contributed by atoms with Gasteiger partial charge in [-0.3, -0.25) is 4.31 Å². The molecule has 1 aromatic heterocycles. The van der Waals surface area contributed by atoms with Gasteiger partial charge in [-0.25, -0.2) is 13.1 Å². The topological polar surface area (TPSA) is 75.4 Å². The van der Waals surface area contributed by atoms with Crippen LogP contribution in [0.1, 0.15) is 23.7 Å². The van der Waals surface area contributed by atoms with Crippen LogP contribution in [0, 0.1) is 6.92 Å².